The molecule has 0 spiro atoms. The molecule has 7 heteroatoms. The minimum absolute atomic E-state index is 0.148. The van der Waals surface area contributed by atoms with E-state index in [9.17, 15) is 0 Å². The largest absolute Gasteiger partial charge is 0.496 e. The quantitative estimate of drug-likeness (QED) is 0.507. The standard InChI is InChI=1S/C20H33N3O4/c1-6-21-19(23-14-20(2)9-7-11-27-20)22-10-8-16-17(25-4)12-15(24-3)13-18(16)26-5/h12-13H,6-11,14H2,1-5H3,(H2,21,22,23). The van der Waals surface area contributed by atoms with Gasteiger partial charge in [0.1, 0.15) is 17.2 Å². The molecule has 0 bridgehead atoms. The van der Waals surface area contributed by atoms with E-state index < -0.39 is 0 Å². The fourth-order valence-electron chi connectivity index (χ4n) is 3.18. The van der Waals surface area contributed by atoms with Crippen LogP contribution in [-0.4, -0.2) is 59.1 Å². The fraction of sp³-hybridized carbons (Fsp3) is 0.650. The van der Waals surface area contributed by atoms with E-state index in [2.05, 4.69) is 24.5 Å². The maximum absolute atomic E-state index is 5.82. The number of methoxy groups -OCH3 is 3. The van der Waals surface area contributed by atoms with E-state index in [-0.39, 0.29) is 5.60 Å². The molecule has 2 N–H and O–H groups in total. The number of nitrogens with zero attached hydrogens (tertiary/aromatic N) is 1. The lowest BCUT2D eigenvalue weighted by Gasteiger charge is -2.21. The van der Waals surface area contributed by atoms with Crippen molar-refractivity contribution >= 4 is 5.96 Å². The maximum atomic E-state index is 5.82. The molecule has 0 aromatic heterocycles. The molecule has 0 radical (unpaired) electrons. The zero-order chi connectivity index (χ0) is 19.7. The number of hydrogen-bond donors (Lipinski definition) is 2. The van der Waals surface area contributed by atoms with Gasteiger partial charge in [0, 0.05) is 37.4 Å². The highest BCUT2D eigenvalue weighted by molar-refractivity contribution is 5.79. The predicted octanol–water partition coefficient (Wildman–Crippen LogP) is 2.38. The van der Waals surface area contributed by atoms with E-state index in [0.717, 1.165) is 55.4 Å². The Morgan fingerprint density at radius 2 is 1.85 bits per heavy atom. The van der Waals surface area contributed by atoms with Gasteiger partial charge >= 0.3 is 0 Å². The monoisotopic (exact) mass is 379 g/mol. The van der Waals surface area contributed by atoms with Crippen LogP contribution in [0.1, 0.15) is 32.3 Å². The van der Waals surface area contributed by atoms with Crippen LogP contribution in [0.15, 0.2) is 17.1 Å². The average Bonchev–Trinajstić information content (AvgIpc) is 3.12. The van der Waals surface area contributed by atoms with Gasteiger partial charge in [-0.1, -0.05) is 0 Å². The summed E-state index contributed by atoms with van der Waals surface area (Å²) in [7, 11) is 4.93. The molecule has 1 unspecified atom stereocenters. The highest BCUT2D eigenvalue weighted by Crippen LogP contribution is 2.34. The van der Waals surface area contributed by atoms with Crippen molar-refractivity contribution in [3.8, 4) is 17.2 Å². The van der Waals surface area contributed by atoms with Crippen molar-refractivity contribution in [1.82, 2.24) is 10.6 Å². The molecule has 1 fully saturated rings. The van der Waals surface area contributed by atoms with Crippen LogP contribution < -0.4 is 24.8 Å². The lowest BCUT2D eigenvalue weighted by molar-refractivity contribution is 0.0283. The molecule has 1 aromatic carbocycles. The number of aliphatic imine (C=N–C) groups is 1. The zero-order valence-corrected chi connectivity index (χ0v) is 17.2. The Balaban J connectivity index is 2.01. The van der Waals surface area contributed by atoms with Crippen LogP contribution in [0.4, 0.5) is 0 Å². The van der Waals surface area contributed by atoms with Gasteiger partial charge in [0.25, 0.3) is 0 Å². The molecule has 27 heavy (non-hydrogen) atoms. The van der Waals surface area contributed by atoms with Crippen molar-refractivity contribution in [2.24, 2.45) is 4.99 Å². The summed E-state index contributed by atoms with van der Waals surface area (Å²) in [6.45, 7) is 7.16. The lowest BCUT2D eigenvalue weighted by Crippen LogP contribution is -2.40. The second-order valence-corrected chi connectivity index (χ2v) is 6.78. The summed E-state index contributed by atoms with van der Waals surface area (Å²) in [6, 6.07) is 3.74. The smallest absolute Gasteiger partial charge is 0.191 e. The van der Waals surface area contributed by atoms with Crippen LogP contribution in [-0.2, 0) is 11.2 Å². The van der Waals surface area contributed by atoms with Crippen molar-refractivity contribution < 1.29 is 18.9 Å². The molecule has 0 aliphatic carbocycles. The first-order valence-electron chi connectivity index (χ1n) is 9.50. The van der Waals surface area contributed by atoms with Crippen LogP contribution in [0.5, 0.6) is 17.2 Å². The molecule has 1 atom stereocenters. The normalized spacial score (nSPS) is 19.7. The predicted molar refractivity (Wildman–Crippen MR) is 107 cm³/mol. The van der Waals surface area contributed by atoms with Crippen LogP contribution in [0, 0.1) is 0 Å². The summed E-state index contributed by atoms with van der Waals surface area (Å²) in [5.74, 6) is 3.00. The Labute approximate surface area is 162 Å². The first kappa shape index (κ1) is 21.2. The number of rotatable bonds is 9. The van der Waals surface area contributed by atoms with Gasteiger partial charge in [-0.3, -0.25) is 4.99 Å². The van der Waals surface area contributed by atoms with E-state index in [4.69, 9.17) is 23.9 Å². The van der Waals surface area contributed by atoms with Crippen LogP contribution in [0.2, 0.25) is 0 Å². The Morgan fingerprint density at radius 3 is 2.37 bits per heavy atom. The van der Waals surface area contributed by atoms with Crippen molar-refractivity contribution in [3.05, 3.63) is 17.7 Å². The molecule has 1 aromatic rings. The molecular formula is C20H33N3O4. The number of guanidine groups is 1. The molecule has 152 valence electrons. The first-order valence-corrected chi connectivity index (χ1v) is 9.50. The number of ether oxygens (including phenoxy) is 4. The van der Waals surface area contributed by atoms with Gasteiger partial charge in [0.05, 0.1) is 33.5 Å². The Kier molecular flexibility index (Phi) is 8.03. The second-order valence-electron chi connectivity index (χ2n) is 6.78. The molecule has 1 saturated heterocycles. The lowest BCUT2D eigenvalue weighted by atomic mass is 10.0. The molecule has 0 saturated carbocycles. The topological polar surface area (TPSA) is 73.3 Å². The zero-order valence-electron chi connectivity index (χ0n) is 17.2. The van der Waals surface area contributed by atoms with Gasteiger partial charge in [-0.15, -0.1) is 0 Å². The number of nitrogens with one attached hydrogen (secondary N) is 2. The van der Waals surface area contributed by atoms with Crippen molar-refractivity contribution in [3.63, 3.8) is 0 Å². The van der Waals surface area contributed by atoms with Crippen molar-refractivity contribution in [2.45, 2.75) is 38.7 Å². The number of hydrogen-bond acceptors (Lipinski definition) is 5. The summed E-state index contributed by atoms with van der Waals surface area (Å²) >= 11 is 0. The molecule has 1 aliphatic heterocycles. The third-order valence-electron chi connectivity index (χ3n) is 4.70. The number of benzene rings is 1. The molecule has 1 aliphatic rings. The third-order valence-corrected chi connectivity index (χ3v) is 4.70. The molecule has 1 heterocycles. The fourth-order valence-corrected chi connectivity index (χ4v) is 3.18. The Morgan fingerprint density at radius 1 is 1.15 bits per heavy atom. The summed E-state index contributed by atoms with van der Waals surface area (Å²) in [5.41, 5.74) is 0.848. The molecular weight excluding hydrogens is 346 g/mol. The van der Waals surface area contributed by atoms with Crippen molar-refractivity contribution in [1.29, 1.82) is 0 Å². The summed E-state index contributed by atoms with van der Waals surface area (Å²) < 4.78 is 22.1. The van der Waals surface area contributed by atoms with Crippen molar-refractivity contribution in [2.75, 3.05) is 47.6 Å². The first-order chi connectivity index (χ1) is 13.0. The highest BCUT2D eigenvalue weighted by atomic mass is 16.5. The summed E-state index contributed by atoms with van der Waals surface area (Å²) in [5, 5.41) is 6.67. The maximum Gasteiger partial charge on any atom is 0.191 e. The van der Waals surface area contributed by atoms with Gasteiger partial charge in [0.2, 0.25) is 0 Å². The summed E-state index contributed by atoms with van der Waals surface area (Å²) in [6.07, 6.45) is 2.89. The van der Waals surface area contributed by atoms with Crippen LogP contribution >= 0.6 is 0 Å². The van der Waals surface area contributed by atoms with Gasteiger partial charge in [0.15, 0.2) is 5.96 Å². The molecule has 2 rings (SSSR count). The summed E-state index contributed by atoms with van der Waals surface area (Å²) in [4.78, 5) is 4.70. The van der Waals surface area contributed by atoms with E-state index in [1.54, 1.807) is 21.3 Å². The Bertz CT molecular complexity index is 603. The minimum Gasteiger partial charge on any atom is -0.496 e. The average molecular weight is 380 g/mol. The SMILES string of the molecule is CCNC(=NCC1(C)CCCO1)NCCc1c(OC)cc(OC)cc1OC. The van der Waals surface area contributed by atoms with Crippen LogP contribution in [0.3, 0.4) is 0 Å². The van der Waals surface area contributed by atoms with E-state index in [0.29, 0.717) is 18.8 Å². The van der Waals surface area contributed by atoms with E-state index >= 15 is 0 Å². The van der Waals surface area contributed by atoms with Gasteiger partial charge < -0.3 is 29.6 Å². The van der Waals surface area contributed by atoms with Gasteiger partial charge in [-0.2, -0.15) is 0 Å². The second kappa shape index (κ2) is 10.3. The molecule has 0 amide bonds. The third kappa shape index (κ3) is 5.92. The van der Waals surface area contributed by atoms with Gasteiger partial charge in [-0.25, -0.2) is 0 Å². The highest BCUT2D eigenvalue weighted by Gasteiger charge is 2.29. The van der Waals surface area contributed by atoms with E-state index in [1.807, 2.05) is 12.1 Å². The van der Waals surface area contributed by atoms with Crippen LogP contribution in [0.25, 0.3) is 0 Å². The molecule has 7 nitrogen and oxygen atoms in total. The Hall–Kier alpha value is -2.15. The minimum atomic E-state index is -0.148. The van der Waals surface area contributed by atoms with E-state index in [1.165, 1.54) is 0 Å². The van der Waals surface area contributed by atoms with Gasteiger partial charge in [-0.05, 0) is 33.1 Å².